The number of hydrogen-bond donors (Lipinski definition) is 0. The molecule has 0 aliphatic rings. The predicted octanol–water partition coefficient (Wildman–Crippen LogP) is 4.71. The van der Waals surface area contributed by atoms with Gasteiger partial charge in [-0.05, 0) is 48.5 Å². The van der Waals surface area contributed by atoms with Crippen LogP contribution in [0.25, 0.3) is 0 Å². The standard InChI is InChI=1S/C16H12BrN3/c17-13-1-3-14(4-2-13)20(15-5-9-18-10-6-15)16-7-11-19-12-8-16/h1-12H. The highest BCUT2D eigenvalue weighted by atomic mass is 79.9. The van der Waals surface area contributed by atoms with Crippen LogP contribution in [0.4, 0.5) is 17.1 Å². The van der Waals surface area contributed by atoms with Crippen LogP contribution in [-0.2, 0) is 0 Å². The molecule has 0 unspecified atom stereocenters. The first-order valence-corrected chi connectivity index (χ1v) is 6.99. The van der Waals surface area contributed by atoms with Gasteiger partial charge in [-0.3, -0.25) is 9.97 Å². The van der Waals surface area contributed by atoms with Crippen molar-refractivity contribution in [3.05, 3.63) is 77.8 Å². The van der Waals surface area contributed by atoms with Gasteiger partial charge in [-0.1, -0.05) is 15.9 Å². The van der Waals surface area contributed by atoms with Crippen molar-refractivity contribution >= 4 is 33.0 Å². The molecule has 20 heavy (non-hydrogen) atoms. The monoisotopic (exact) mass is 325 g/mol. The number of hydrogen-bond acceptors (Lipinski definition) is 3. The SMILES string of the molecule is Brc1ccc(N(c2ccncc2)c2ccncc2)cc1. The Bertz CT molecular complexity index is 630. The molecule has 3 rings (SSSR count). The van der Waals surface area contributed by atoms with Crippen molar-refractivity contribution in [1.29, 1.82) is 0 Å². The average Bonchev–Trinajstić information content (AvgIpc) is 2.52. The lowest BCUT2D eigenvalue weighted by Gasteiger charge is -2.24. The summed E-state index contributed by atoms with van der Waals surface area (Å²) in [6.45, 7) is 0. The third-order valence-electron chi connectivity index (χ3n) is 2.93. The number of aromatic nitrogens is 2. The number of anilines is 3. The number of halogens is 1. The molecule has 0 N–H and O–H groups in total. The Morgan fingerprint density at radius 2 is 1.00 bits per heavy atom. The van der Waals surface area contributed by atoms with Crippen LogP contribution in [0.5, 0.6) is 0 Å². The molecule has 4 heteroatoms. The summed E-state index contributed by atoms with van der Waals surface area (Å²) in [5, 5.41) is 0. The third-order valence-corrected chi connectivity index (χ3v) is 3.46. The molecule has 2 aromatic heterocycles. The van der Waals surface area contributed by atoms with E-state index < -0.39 is 0 Å². The topological polar surface area (TPSA) is 29.0 Å². The van der Waals surface area contributed by atoms with Crippen molar-refractivity contribution in [3.63, 3.8) is 0 Å². The molecule has 0 amide bonds. The molecule has 3 aromatic rings. The van der Waals surface area contributed by atoms with Crippen LogP contribution in [0.15, 0.2) is 77.8 Å². The number of pyridine rings is 2. The van der Waals surface area contributed by atoms with Gasteiger partial charge in [-0.15, -0.1) is 0 Å². The summed E-state index contributed by atoms with van der Waals surface area (Å²) in [6, 6.07) is 16.2. The minimum absolute atomic E-state index is 1.06. The van der Waals surface area contributed by atoms with E-state index >= 15 is 0 Å². The van der Waals surface area contributed by atoms with Crippen molar-refractivity contribution in [2.75, 3.05) is 4.90 Å². The molecule has 0 fully saturated rings. The molecule has 0 saturated heterocycles. The highest BCUT2D eigenvalue weighted by molar-refractivity contribution is 9.10. The molecule has 0 bridgehead atoms. The lowest BCUT2D eigenvalue weighted by atomic mass is 10.2. The van der Waals surface area contributed by atoms with E-state index in [2.05, 4.69) is 42.9 Å². The van der Waals surface area contributed by atoms with Gasteiger partial charge in [-0.2, -0.15) is 0 Å². The summed E-state index contributed by atoms with van der Waals surface area (Å²) in [5.41, 5.74) is 3.22. The van der Waals surface area contributed by atoms with E-state index in [4.69, 9.17) is 0 Å². The van der Waals surface area contributed by atoms with Gasteiger partial charge >= 0.3 is 0 Å². The molecule has 0 atom stereocenters. The Labute approximate surface area is 126 Å². The van der Waals surface area contributed by atoms with E-state index in [1.807, 2.05) is 36.4 Å². The normalized spacial score (nSPS) is 10.2. The first-order chi connectivity index (χ1) is 9.84. The molecular weight excluding hydrogens is 314 g/mol. The van der Waals surface area contributed by atoms with E-state index in [1.54, 1.807) is 24.8 Å². The molecule has 0 saturated carbocycles. The Morgan fingerprint density at radius 3 is 1.45 bits per heavy atom. The van der Waals surface area contributed by atoms with Crippen LogP contribution in [0.1, 0.15) is 0 Å². The lowest BCUT2D eigenvalue weighted by molar-refractivity contribution is 1.22. The Morgan fingerprint density at radius 1 is 0.600 bits per heavy atom. The zero-order chi connectivity index (χ0) is 13.8. The first kappa shape index (κ1) is 12.8. The van der Waals surface area contributed by atoms with Gasteiger partial charge in [0, 0.05) is 46.3 Å². The van der Waals surface area contributed by atoms with E-state index in [9.17, 15) is 0 Å². The lowest BCUT2D eigenvalue weighted by Crippen LogP contribution is -2.09. The predicted molar refractivity (Wildman–Crippen MR) is 84.4 cm³/mol. The minimum atomic E-state index is 1.06. The molecule has 0 aliphatic heterocycles. The van der Waals surface area contributed by atoms with Crippen LogP contribution in [0, 0.1) is 0 Å². The summed E-state index contributed by atoms with van der Waals surface area (Å²) in [6.07, 6.45) is 7.18. The summed E-state index contributed by atoms with van der Waals surface area (Å²) < 4.78 is 1.06. The van der Waals surface area contributed by atoms with Gasteiger partial charge in [0.2, 0.25) is 0 Å². The summed E-state index contributed by atoms with van der Waals surface area (Å²) >= 11 is 3.47. The van der Waals surface area contributed by atoms with Crippen LogP contribution >= 0.6 is 15.9 Å². The van der Waals surface area contributed by atoms with Gasteiger partial charge < -0.3 is 4.90 Å². The maximum Gasteiger partial charge on any atom is 0.0492 e. The average molecular weight is 326 g/mol. The third kappa shape index (κ3) is 2.70. The minimum Gasteiger partial charge on any atom is -0.310 e. The van der Waals surface area contributed by atoms with Crippen LogP contribution < -0.4 is 4.90 Å². The summed E-state index contributed by atoms with van der Waals surface area (Å²) in [4.78, 5) is 10.3. The molecule has 0 aliphatic carbocycles. The maximum absolute atomic E-state index is 4.08. The number of rotatable bonds is 3. The van der Waals surface area contributed by atoms with Gasteiger partial charge in [0.15, 0.2) is 0 Å². The largest absolute Gasteiger partial charge is 0.310 e. The zero-order valence-electron chi connectivity index (χ0n) is 10.6. The second-order valence-corrected chi connectivity index (χ2v) is 5.14. The maximum atomic E-state index is 4.08. The fourth-order valence-electron chi connectivity index (χ4n) is 2.02. The number of nitrogens with zero attached hydrogens (tertiary/aromatic N) is 3. The van der Waals surface area contributed by atoms with E-state index in [0.717, 1.165) is 21.5 Å². The van der Waals surface area contributed by atoms with Crippen LogP contribution in [-0.4, -0.2) is 9.97 Å². The molecular formula is C16H12BrN3. The molecule has 98 valence electrons. The first-order valence-electron chi connectivity index (χ1n) is 6.20. The molecule has 1 aromatic carbocycles. The van der Waals surface area contributed by atoms with Crippen molar-refractivity contribution in [3.8, 4) is 0 Å². The Hall–Kier alpha value is -2.20. The Kier molecular flexibility index (Phi) is 3.74. The molecule has 3 nitrogen and oxygen atoms in total. The highest BCUT2D eigenvalue weighted by Crippen LogP contribution is 2.33. The summed E-state index contributed by atoms with van der Waals surface area (Å²) in [5.74, 6) is 0. The fourth-order valence-corrected chi connectivity index (χ4v) is 2.29. The van der Waals surface area contributed by atoms with Gasteiger partial charge in [0.05, 0.1) is 0 Å². The van der Waals surface area contributed by atoms with E-state index in [0.29, 0.717) is 0 Å². The molecule has 0 radical (unpaired) electrons. The van der Waals surface area contributed by atoms with Gasteiger partial charge in [-0.25, -0.2) is 0 Å². The quantitative estimate of drug-likeness (QED) is 0.698. The zero-order valence-corrected chi connectivity index (χ0v) is 12.2. The van der Waals surface area contributed by atoms with Gasteiger partial charge in [0.25, 0.3) is 0 Å². The molecule has 2 heterocycles. The Balaban J connectivity index is 2.11. The van der Waals surface area contributed by atoms with Crippen LogP contribution in [0.3, 0.4) is 0 Å². The van der Waals surface area contributed by atoms with Crippen molar-refractivity contribution in [1.82, 2.24) is 9.97 Å². The second kappa shape index (κ2) is 5.84. The second-order valence-electron chi connectivity index (χ2n) is 4.22. The smallest absolute Gasteiger partial charge is 0.0492 e. The molecule has 0 spiro atoms. The van der Waals surface area contributed by atoms with Crippen LogP contribution in [0.2, 0.25) is 0 Å². The van der Waals surface area contributed by atoms with Gasteiger partial charge in [0.1, 0.15) is 0 Å². The van der Waals surface area contributed by atoms with E-state index in [1.165, 1.54) is 0 Å². The van der Waals surface area contributed by atoms with Crippen molar-refractivity contribution in [2.24, 2.45) is 0 Å². The number of benzene rings is 1. The summed E-state index contributed by atoms with van der Waals surface area (Å²) in [7, 11) is 0. The highest BCUT2D eigenvalue weighted by Gasteiger charge is 2.11. The fraction of sp³-hybridized carbons (Fsp3) is 0. The van der Waals surface area contributed by atoms with Crippen molar-refractivity contribution in [2.45, 2.75) is 0 Å². The van der Waals surface area contributed by atoms with E-state index in [-0.39, 0.29) is 0 Å². The van der Waals surface area contributed by atoms with Crippen molar-refractivity contribution < 1.29 is 0 Å².